The minimum absolute atomic E-state index is 0.357. The van der Waals surface area contributed by atoms with Crippen molar-refractivity contribution in [3.05, 3.63) is 205 Å². The van der Waals surface area contributed by atoms with E-state index >= 15 is 0 Å². The molecule has 0 N–H and O–H groups in total. The van der Waals surface area contributed by atoms with E-state index in [2.05, 4.69) is 193 Å². The Labute approximate surface area is 291 Å². The lowest BCUT2D eigenvalue weighted by Crippen LogP contribution is -2.16. The standard InChI is InChI=1S/C48H33NO/c1-3-14-32(15-4-1)38-24-13-25-43-45-31-46(41-22-11-12-23-42(41)48(45)50-47(38)43)49(35-17-5-2-6-18-35)36-28-26-33(27-29-36)44-30-34-16-7-8-19-37(34)39-20-9-10-21-40(39)44/h1-31,34,37H. The highest BCUT2D eigenvalue weighted by atomic mass is 16.3. The molecule has 0 saturated heterocycles. The smallest absolute Gasteiger partial charge is 0.143 e. The first-order chi connectivity index (χ1) is 24.8. The molecule has 7 aromatic carbocycles. The second-order valence-electron chi connectivity index (χ2n) is 13.2. The lowest BCUT2D eigenvalue weighted by Gasteiger charge is -2.31. The number of nitrogens with zero attached hydrogens (tertiary/aromatic N) is 1. The van der Waals surface area contributed by atoms with Gasteiger partial charge in [0, 0.05) is 50.3 Å². The van der Waals surface area contributed by atoms with Crippen LogP contribution in [0.25, 0.3) is 49.4 Å². The first-order valence-electron chi connectivity index (χ1n) is 17.4. The highest BCUT2D eigenvalue weighted by Crippen LogP contribution is 2.47. The van der Waals surface area contributed by atoms with Gasteiger partial charge in [-0.25, -0.2) is 0 Å². The van der Waals surface area contributed by atoms with Crippen LogP contribution in [-0.2, 0) is 0 Å². The van der Waals surface area contributed by atoms with Crippen molar-refractivity contribution in [2.45, 2.75) is 5.92 Å². The van der Waals surface area contributed by atoms with E-state index in [4.69, 9.17) is 4.42 Å². The number of furan rings is 1. The molecule has 0 amide bonds. The second kappa shape index (κ2) is 11.6. The van der Waals surface area contributed by atoms with E-state index in [0.717, 1.165) is 60.9 Å². The summed E-state index contributed by atoms with van der Waals surface area (Å²) >= 11 is 0. The Hall–Kier alpha value is -6.38. The molecule has 10 rings (SSSR count). The maximum Gasteiger partial charge on any atom is 0.143 e. The molecule has 0 spiro atoms. The number of hydrogen-bond acceptors (Lipinski definition) is 2. The fourth-order valence-electron chi connectivity index (χ4n) is 8.09. The molecule has 8 aromatic rings. The number of anilines is 3. The molecule has 236 valence electrons. The Morgan fingerprint density at radius 1 is 0.460 bits per heavy atom. The largest absolute Gasteiger partial charge is 0.455 e. The number of allylic oxidation sites excluding steroid dienone is 5. The van der Waals surface area contributed by atoms with Crippen LogP contribution < -0.4 is 4.90 Å². The summed E-state index contributed by atoms with van der Waals surface area (Å²) in [5, 5.41) is 4.46. The molecule has 2 aliphatic carbocycles. The van der Waals surface area contributed by atoms with Gasteiger partial charge in [0.1, 0.15) is 11.2 Å². The SMILES string of the molecule is C1=CC2C=C(c3ccc(N(c4ccccc4)c4cc5c6cccc(-c7ccccc7)c6oc5c5ccccc45)cc3)c3ccccc3C2C=C1. The Kier molecular flexibility index (Phi) is 6.67. The van der Waals surface area contributed by atoms with Gasteiger partial charge in [-0.2, -0.15) is 0 Å². The van der Waals surface area contributed by atoms with Crippen LogP contribution in [0.5, 0.6) is 0 Å². The van der Waals surface area contributed by atoms with Crippen molar-refractivity contribution in [3.8, 4) is 11.1 Å². The van der Waals surface area contributed by atoms with Crippen LogP contribution in [0.1, 0.15) is 22.6 Å². The molecule has 0 bridgehead atoms. The maximum atomic E-state index is 6.81. The molecule has 0 fully saturated rings. The minimum Gasteiger partial charge on any atom is -0.455 e. The normalized spacial score (nSPS) is 16.4. The summed E-state index contributed by atoms with van der Waals surface area (Å²) < 4.78 is 6.81. The van der Waals surface area contributed by atoms with Gasteiger partial charge in [-0.1, -0.05) is 158 Å². The Bertz CT molecular complexity index is 2640. The van der Waals surface area contributed by atoms with Crippen molar-refractivity contribution in [2.75, 3.05) is 4.90 Å². The second-order valence-corrected chi connectivity index (χ2v) is 13.2. The molecule has 0 saturated carbocycles. The van der Waals surface area contributed by atoms with E-state index in [9.17, 15) is 0 Å². The monoisotopic (exact) mass is 639 g/mol. The minimum atomic E-state index is 0.357. The summed E-state index contributed by atoms with van der Waals surface area (Å²) in [5.74, 6) is 0.745. The summed E-state index contributed by atoms with van der Waals surface area (Å²) in [4.78, 5) is 2.39. The Morgan fingerprint density at radius 2 is 1.10 bits per heavy atom. The van der Waals surface area contributed by atoms with Gasteiger partial charge in [0.15, 0.2) is 0 Å². The van der Waals surface area contributed by atoms with Crippen LogP contribution in [0.2, 0.25) is 0 Å². The first kappa shape index (κ1) is 28.6. The zero-order chi connectivity index (χ0) is 33.0. The molecular weight excluding hydrogens is 607 g/mol. The molecule has 2 nitrogen and oxygen atoms in total. The number of benzene rings is 7. The van der Waals surface area contributed by atoms with Gasteiger partial charge in [-0.15, -0.1) is 0 Å². The van der Waals surface area contributed by atoms with Gasteiger partial charge in [0.2, 0.25) is 0 Å². The summed E-state index contributed by atoms with van der Waals surface area (Å²) in [6, 6.07) is 56.6. The van der Waals surface area contributed by atoms with E-state index in [1.807, 2.05) is 0 Å². The van der Waals surface area contributed by atoms with Gasteiger partial charge < -0.3 is 9.32 Å². The average Bonchev–Trinajstić information content (AvgIpc) is 3.58. The third-order valence-electron chi connectivity index (χ3n) is 10.4. The molecule has 1 heterocycles. The van der Waals surface area contributed by atoms with Gasteiger partial charge in [0.05, 0.1) is 5.69 Å². The van der Waals surface area contributed by atoms with Crippen molar-refractivity contribution >= 4 is 55.3 Å². The summed E-state index contributed by atoms with van der Waals surface area (Å²) in [5.41, 5.74) is 12.6. The Morgan fingerprint density at radius 3 is 1.94 bits per heavy atom. The molecule has 1 aromatic heterocycles. The van der Waals surface area contributed by atoms with Crippen LogP contribution in [0.15, 0.2) is 193 Å². The molecule has 0 radical (unpaired) electrons. The zero-order valence-corrected chi connectivity index (χ0v) is 27.4. The Balaban J connectivity index is 1.16. The molecule has 2 aliphatic rings. The van der Waals surface area contributed by atoms with E-state index in [-0.39, 0.29) is 0 Å². The van der Waals surface area contributed by atoms with Crippen LogP contribution in [-0.4, -0.2) is 0 Å². The van der Waals surface area contributed by atoms with Crippen LogP contribution in [0, 0.1) is 5.92 Å². The highest BCUT2D eigenvalue weighted by Gasteiger charge is 2.28. The van der Waals surface area contributed by atoms with Crippen LogP contribution >= 0.6 is 0 Å². The predicted molar refractivity (Wildman–Crippen MR) is 209 cm³/mol. The van der Waals surface area contributed by atoms with Gasteiger partial charge in [-0.05, 0) is 58.2 Å². The third kappa shape index (κ3) is 4.57. The lowest BCUT2D eigenvalue weighted by atomic mass is 9.73. The van der Waals surface area contributed by atoms with E-state index in [0.29, 0.717) is 11.8 Å². The predicted octanol–water partition coefficient (Wildman–Crippen LogP) is 13.1. The van der Waals surface area contributed by atoms with Crippen molar-refractivity contribution in [2.24, 2.45) is 5.92 Å². The van der Waals surface area contributed by atoms with Gasteiger partial charge in [-0.3, -0.25) is 0 Å². The molecule has 50 heavy (non-hydrogen) atoms. The topological polar surface area (TPSA) is 16.4 Å². The summed E-state index contributed by atoms with van der Waals surface area (Å²) in [6.45, 7) is 0. The van der Waals surface area contributed by atoms with E-state index < -0.39 is 0 Å². The number of para-hydroxylation sites is 2. The van der Waals surface area contributed by atoms with Crippen LogP contribution in [0.3, 0.4) is 0 Å². The van der Waals surface area contributed by atoms with Crippen molar-refractivity contribution in [3.63, 3.8) is 0 Å². The summed E-state index contributed by atoms with van der Waals surface area (Å²) in [7, 11) is 0. The molecular formula is C48H33NO. The van der Waals surface area contributed by atoms with Crippen molar-refractivity contribution in [1.82, 2.24) is 0 Å². The highest BCUT2D eigenvalue weighted by molar-refractivity contribution is 6.21. The average molecular weight is 640 g/mol. The fraction of sp³-hybridized carbons (Fsp3) is 0.0417. The summed E-state index contributed by atoms with van der Waals surface area (Å²) in [6.07, 6.45) is 11.5. The quantitative estimate of drug-likeness (QED) is 0.186. The lowest BCUT2D eigenvalue weighted by molar-refractivity contribution is 0.674. The van der Waals surface area contributed by atoms with Crippen molar-refractivity contribution < 1.29 is 4.42 Å². The third-order valence-corrected chi connectivity index (χ3v) is 10.4. The first-order valence-corrected chi connectivity index (χ1v) is 17.4. The van der Waals surface area contributed by atoms with Crippen LogP contribution in [0.4, 0.5) is 17.1 Å². The van der Waals surface area contributed by atoms with Gasteiger partial charge >= 0.3 is 0 Å². The van der Waals surface area contributed by atoms with Crippen molar-refractivity contribution in [1.29, 1.82) is 0 Å². The van der Waals surface area contributed by atoms with E-state index in [1.54, 1.807) is 0 Å². The number of fused-ring (bicyclic) bond motifs is 8. The zero-order valence-electron chi connectivity index (χ0n) is 27.4. The maximum absolute atomic E-state index is 6.81. The van der Waals surface area contributed by atoms with Gasteiger partial charge in [0.25, 0.3) is 0 Å². The van der Waals surface area contributed by atoms with E-state index in [1.165, 1.54) is 22.3 Å². The number of rotatable bonds is 5. The molecule has 0 aliphatic heterocycles. The fourth-order valence-corrected chi connectivity index (χ4v) is 8.09. The molecule has 2 heteroatoms. The molecule has 2 atom stereocenters. The molecule has 2 unspecified atom stereocenters. The number of hydrogen-bond donors (Lipinski definition) is 0.